The average Bonchev–Trinajstić information content (AvgIpc) is 2.63. The third-order valence-corrected chi connectivity index (χ3v) is 4.54. The highest BCUT2D eigenvalue weighted by Crippen LogP contribution is 2.37. The average molecular weight is 429 g/mol. The maximum Gasteiger partial charge on any atom is 0.416 e. The summed E-state index contributed by atoms with van der Waals surface area (Å²) >= 11 is 6.11. The lowest BCUT2D eigenvalue weighted by Crippen LogP contribution is -2.35. The van der Waals surface area contributed by atoms with E-state index in [4.69, 9.17) is 16.7 Å². The van der Waals surface area contributed by atoms with Crippen molar-refractivity contribution in [1.82, 2.24) is 10.6 Å². The fraction of sp³-hybridized carbons (Fsp3) is 0.300. The number of nitrogens with one attached hydrogen (secondary N) is 2. The van der Waals surface area contributed by atoms with Crippen molar-refractivity contribution in [1.29, 1.82) is 0 Å². The van der Waals surface area contributed by atoms with E-state index in [-0.39, 0.29) is 17.0 Å². The summed E-state index contributed by atoms with van der Waals surface area (Å²) < 4.78 is 39.9. The fourth-order valence-corrected chi connectivity index (χ4v) is 3.26. The summed E-state index contributed by atoms with van der Waals surface area (Å²) in [5.41, 5.74) is 0.721. The van der Waals surface area contributed by atoms with Crippen molar-refractivity contribution < 1.29 is 27.9 Å². The summed E-state index contributed by atoms with van der Waals surface area (Å²) in [7, 11) is 1.41. The summed E-state index contributed by atoms with van der Waals surface area (Å²) in [5.74, 6) is -1.06. The number of hydrogen-bond donors (Lipinski definition) is 3. The Bertz CT molecular complexity index is 916. The van der Waals surface area contributed by atoms with Crippen LogP contribution in [0.15, 0.2) is 36.4 Å². The Morgan fingerprint density at radius 2 is 1.86 bits per heavy atom. The first-order valence-electron chi connectivity index (χ1n) is 8.76. The largest absolute Gasteiger partial charge is 0.481 e. The van der Waals surface area contributed by atoms with Gasteiger partial charge in [0.2, 0.25) is 0 Å². The second-order valence-corrected chi connectivity index (χ2v) is 6.84. The SMILES string of the molecule is CCC(NC(=O)NC)c1cc(C(F)(F)F)ccc1-c1cc(Cl)cc(CC(=O)O)c1. The first kappa shape index (κ1) is 22.5. The van der Waals surface area contributed by atoms with Gasteiger partial charge in [0.05, 0.1) is 18.0 Å². The van der Waals surface area contributed by atoms with E-state index in [1.165, 1.54) is 19.2 Å². The number of carbonyl (C=O) groups is 2. The predicted molar refractivity (Wildman–Crippen MR) is 104 cm³/mol. The highest BCUT2D eigenvalue weighted by Gasteiger charge is 2.32. The van der Waals surface area contributed by atoms with Crippen LogP contribution in [0.1, 0.15) is 36.1 Å². The van der Waals surface area contributed by atoms with Crippen molar-refractivity contribution in [2.24, 2.45) is 0 Å². The Morgan fingerprint density at radius 1 is 1.17 bits per heavy atom. The summed E-state index contributed by atoms with van der Waals surface area (Å²) in [4.78, 5) is 22.8. The molecule has 0 heterocycles. The van der Waals surface area contributed by atoms with Gasteiger partial charge in [-0.15, -0.1) is 0 Å². The van der Waals surface area contributed by atoms with E-state index in [0.29, 0.717) is 23.1 Å². The highest BCUT2D eigenvalue weighted by molar-refractivity contribution is 6.31. The van der Waals surface area contributed by atoms with Crippen LogP contribution in [0.2, 0.25) is 5.02 Å². The molecule has 0 aliphatic carbocycles. The molecule has 0 radical (unpaired) electrons. The monoisotopic (exact) mass is 428 g/mol. The molecule has 5 nitrogen and oxygen atoms in total. The molecule has 0 saturated carbocycles. The number of hydrogen-bond acceptors (Lipinski definition) is 2. The third kappa shape index (κ3) is 5.87. The minimum absolute atomic E-state index is 0.259. The molecule has 2 aromatic rings. The lowest BCUT2D eigenvalue weighted by Gasteiger charge is -2.22. The maximum absolute atomic E-state index is 13.3. The van der Waals surface area contributed by atoms with Gasteiger partial charge in [0, 0.05) is 12.1 Å². The van der Waals surface area contributed by atoms with Crippen molar-refractivity contribution in [3.8, 4) is 11.1 Å². The zero-order valence-corrected chi connectivity index (χ0v) is 16.5. The fourth-order valence-electron chi connectivity index (χ4n) is 3.00. The third-order valence-electron chi connectivity index (χ3n) is 4.32. The number of carboxylic acid groups (broad SMARTS) is 1. The number of aliphatic carboxylic acids is 1. The molecule has 1 atom stereocenters. The Kier molecular flexibility index (Phi) is 7.13. The van der Waals surface area contributed by atoms with Gasteiger partial charge < -0.3 is 15.7 Å². The van der Waals surface area contributed by atoms with Gasteiger partial charge >= 0.3 is 18.2 Å². The molecule has 0 fully saturated rings. The molecule has 3 N–H and O–H groups in total. The van der Waals surface area contributed by atoms with Crippen LogP contribution in [-0.2, 0) is 17.4 Å². The summed E-state index contributed by atoms with van der Waals surface area (Å²) in [6.45, 7) is 1.73. The quantitative estimate of drug-likeness (QED) is 0.603. The molecule has 0 bridgehead atoms. The van der Waals surface area contributed by atoms with Gasteiger partial charge in [-0.05, 0) is 52.9 Å². The first-order chi connectivity index (χ1) is 13.5. The van der Waals surface area contributed by atoms with E-state index < -0.39 is 29.8 Å². The van der Waals surface area contributed by atoms with Gasteiger partial charge in [0.25, 0.3) is 0 Å². The lowest BCUT2D eigenvalue weighted by atomic mass is 9.90. The van der Waals surface area contributed by atoms with Crippen LogP contribution in [-0.4, -0.2) is 24.2 Å². The van der Waals surface area contributed by atoms with Crippen LogP contribution in [0.3, 0.4) is 0 Å². The van der Waals surface area contributed by atoms with E-state index in [0.717, 1.165) is 12.1 Å². The second-order valence-electron chi connectivity index (χ2n) is 6.40. The molecule has 0 aromatic heterocycles. The topological polar surface area (TPSA) is 78.4 Å². The Hall–Kier alpha value is -2.74. The number of amides is 2. The van der Waals surface area contributed by atoms with Crippen molar-refractivity contribution in [2.75, 3.05) is 7.05 Å². The Morgan fingerprint density at radius 3 is 2.41 bits per heavy atom. The minimum atomic E-state index is -4.55. The Labute approximate surface area is 170 Å². The molecule has 1 unspecified atom stereocenters. The standard InChI is InChI=1S/C20H20ClF3N2O3/c1-3-17(26-19(29)25-2)16-10-13(20(22,23)24)4-5-15(16)12-6-11(8-18(27)28)7-14(21)9-12/h4-7,9-10,17H,3,8H2,1-2H3,(H,27,28)(H2,25,26,29). The molecule has 29 heavy (non-hydrogen) atoms. The van der Waals surface area contributed by atoms with Gasteiger partial charge in [-0.3, -0.25) is 4.79 Å². The Balaban J connectivity index is 2.66. The predicted octanol–water partition coefficient (Wildman–Crippen LogP) is 5.03. The molecular weight excluding hydrogens is 409 g/mol. The molecule has 0 aliphatic rings. The van der Waals surface area contributed by atoms with Crippen molar-refractivity contribution >= 4 is 23.6 Å². The van der Waals surface area contributed by atoms with E-state index >= 15 is 0 Å². The van der Waals surface area contributed by atoms with Crippen LogP contribution in [0.25, 0.3) is 11.1 Å². The zero-order chi connectivity index (χ0) is 21.8. The minimum Gasteiger partial charge on any atom is -0.481 e. The lowest BCUT2D eigenvalue weighted by molar-refractivity contribution is -0.138. The summed E-state index contributed by atoms with van der Waals surface area (Å²) in [6, 6.07) is 6.63. The van der Waals surface area contributed by atoms with Gasteiger partial charge in [-0.2, -0.15) is 13.2 Å². The van der Waals surface area contributed by atoms with Crippen LogP contribution in [0.4, 0.5) is 18.0 Å². The van der Waals surface area contributed by atoms with E-state index in [9.17, 15) is 22.8 Å². The molecule has 0 spiro atoms. The number of urea groups is 1. The van der Waals surface area contributed by atoms with E-state index in [1.54, 1.807) is 19.1 Å². The first-order valence-corrected chi connectivity index (χ1v) is 9.14. The van der Waals surface area contributed by atoms with E-state index in [2.05, 4.69) is 10.6 Å². The summed E-state index contributed by atoms with van der Waals surface area (Å²) in [6.07, 6.45) is -4.50. The molecule has 2 rings (SSSR count). The summed E-state index contributed by atoms with van der Waals surface area (Å²) in [5, 5.41) is 14.3. The molecule has 156 valence electrons. The molecule has 0 saturated heterocycles. The van der Waals surface area contributed by atoms with Crippen LogP contribution < -0.4 is 10.6 Å². The van der Waals surface area contributed by atoms with Gasteiger partial charge in [0.1, 0.15) is 0 Å². The molecule has 2 aromatic carbocycles. The zero-order valence-electron chi connectivity index (χ0n) is 15.7. The van der Waals surface area contributed by atoms with Crippen LogP contribution in [0.5, 0.6) is 0 Å². The van der Waals surface area contributed by atoms with E-state index in [1.807, 2.05) is 0 Å². The van der Waals surface area contributed by atoms with Crippen molar-refractivity contribution in [3.63, 3.8) is 0 Å². The number of alkyl halides is 3. The van der Waals surface area contributed by atoms with Gasteiger partial charge in [-0.1, -0.05) is 30.7 Å². The highest BCUT2D eigenvalue weighted by atomic mass is 35.5. The molecule has 0 aliphatic heterocycles. The van der Waals surface area contributed by atoms with Crippen molar-refractivity contribution in [2.45, 2.75) is 32.0 Å². The number of rotatable bonds is 6. The molecule has 9 heteroatoms. The van der Waals surface area contributed by atoms with Crippen molar-refractivity contribution in [3.05, 3.63) is 58.1 Å². The molecular formula is C20H20ClF3N2O3. The molecule has 2 amide bonds. The smallest absolute Gasteiger partial charge is 0.416 e. The van der Waals surface area contributed by atoms with Crippen LogP contribution in [0, 0.1) is 0 Å². The number of carbonyl (C=O) groups excluding carboxylic acids is 1. The van der Waals surface area contributed by atoms with Crippen LogP contribution >= 0.6 is 11.6 Å². The van der Waals surface area contributed by atoms with Gasteiger partial charge in [-0.25, -0.2) is 4.79 Å². The maximum atomic E-state index is 13.3. The number of benzene rings is 2. The normalized spacial score (nSPS) is 12.3. The number of halogens is 4. The number of carboxylic acids is 1. The van der Waals surface area contributed by atoms with Gasteiger partial charge in [0.15, 0.2) is 0 Å². The second kappa shape index (κ2) is 9.17.